The third kappa shape index (κ3) is 4.91. The second-order valence-electron chi connectivity index (χ2n) is 5.20. The van der Waals surface area contributed by atoms with Crippen molar-refractivity contribution in [3.63, 3.8) is 0 Å². The molecule has 1 heterocycles. The van der Waals surface area contributed by atoms with Crippen LogP contribution in [-0.4, -0.2) is 27.5 Å². The van der Waals surface area contributed by atoms with Gasteiger partial charge in [0.15, 0.2) is 0 Å². The lowest BCUT2D eigenvalue weighted by atomic mass is 10.0. The normalized spacial score (nSPS) is 11.6. The number of aryl methyl sites for hydroxylation is 1. The second-order valence-corrected chi connectivity index (χ2v) is 5.20. The highest BCUT2D eigenvalue weighted by Gasteiger charge is 2.04. The van der Waals surface area contributed by atoms with Gasteiger partial charge in [0.05, 0.1) is 18.6 Å². The Hall–Kier alpha value is -2.30. The van der Waals surface area contributed by atoms with Crippen molar-refractivity contribution in [1.82, 2.24) is 9.97 Å². The molecule has 0 saturated heterocycles. The first-order valence-corrected chi connectivity index (χ1v) is 7.75. The Balaban J connectivity index is 1.78. The lowest BCUT2D eigenvalue weighted by Crippen LogP contribution is -2.02. The van der Waals surface area contributed by atoms with E-state index in [1.165, 1.54) is 0 Å². The van der Waals surface area contributed by atoms with Gasteiger partial charge in [-0.25, -0.2) is 4.98 Å². The highest BCUT2D eigenvalue weighted by Crippen LogP contribution is 2.15. The molecule has 0 aliphatic carbocycles. The number of aromatic amines is 1. The first kappa shape index (κ1) is 16.1. The number of aromatic nitrogens is 2. The first-order valence-electron chi connectivity index (χ1n) is 7.75. The maximum atomic E-state index is 9.09. The summed E-state index contributed by atoms with van der Waals surface area (Å²) in [4.78, 5) is 7.06. The predicted molar refractivity (Wildman–Crippen MR) is 86.7 cm³/mol. The van der Waals surface area contributed by atoms with Crippen molar-refractivity contribution in [1.29, 1.82) is 0 Å². The molecule has 0 amide bonds. The van der Waals surface area contributed by atoms with Crippen LogP contribution in [0.2, 0.25) is 0 Å². The zero-order valence-corrected chi connectivity index (χ0v) is 13.0. The van der Waals surface area contributed by atoms with E-state index < -0.39 is 0 Å². The number of ether oxygens (including phenoxy) is 1. The molecule has 2 N–H and O–H groups in total. The van der Waals surface area contributed by atoms with E-state index >= 15 is 0 Å². The Kier molecular flexibility index (Phi) is 6.48. The highest BCUT2D eigenvalue weighted by molar-refractivity contribution is 6.00. The van der Waals surface area contributed by atoms with E-state index in [9.17, 15) is 0 Å². The van der Waals surface area contributed by atoms with Gasteiger partial charge in [-0.15, -0.1) is 0 Å². The van der Waals surface area contributed by atoms with Gasteiger partial charge < -0.3 is 14.9 Å². The van der Waals surface area contributed by atoms with Crippen LogP contribution < -0.4 is 4.74 Å². The van der Waals surface area contributed by atoms with E-state index in [4.69, 9.17) is 9.94 Å². The monoisotopic (exact) mass is 301 g/mol. The predicted octanol–water partition coefficient (Wildman–Crippen LogP) is 3.79. The molecule has 0 bridgehead atoms. The molecule has 118 valence electrons. The van der Waals surface area contributed by atoms with Crippen LogP contribution in [0.25, 0.3) is 0 Å². The van der Waals surface area contributed by atoms with Crippen molar-refractivity contribution in [3.8, 4) is 5.75 Å². The molecular formula is C17H23N3O2. The quantitative estimate of drug-likeness (QED) is 0.320. The van der Waals surface area contributed by atoms with Gasteiger partial charge in [-0.05, 0) is 55.5 Å². The molecule has 22 heavy (non-hydrogen) atoms. The summed E-state index contributed by atoms with van der Waals surface area (Å²) in [6, 6.07) is 7.72. The van der Waals surface area contributed by atoms with E-state index in [0.29, 0.717) is 6.61 Å². The number of hydrogen-bond donors (Lipinski definition) is 2. The Labute approximate surface area is 131 Å². The van der Waals surface area contributed by atoms with Crippen LogP contribution in [0.5, 0.6) is 5.75 Å². The molecule has 0 spiro atoms. The standard InChI is InChI=1S/C17H23N3O2/c1-2-3-6-17(20-21)14-7-9-16(10-8-14)22-11-4-5-15-12-18-13-19-15/h7-10,12-13,21H,2-6,11H2,1H3,(H,18,19)/b20-17-. The molecule has 0 unspecified atom stereocenters. The number of nitrogens with one attached hydrogen (secondary N) is 1. The summed E-state index contributed by atoms with van der Waals surface area (Å²) in [5.41, 5.74) is 2.80. The van der Waals surface area contributed by atoms with Crippen LogP contribution in [-0.2, 0) is 6.42 Å². The molecule has 0 aliphatic rings. The van der Waals surface area contributed by atoms with Gasteiger partial charge in [-0.2, -0.15) is 0 Å². The molecule has 0 saturated carbocycles. The minimum atomic E-state index is 0.662. The summed E-state index contributed by atoms with van der Waals surface area (Å²) in [5, 5.41) is 12.5. The van der Waals surface area contributed by atoms with Crippen molar-refractivity contribution >= 4 is 5.71 Å². The molecule has 0 aliphatic heterocycles. The summed E-state index contributed by atoms with van der Waals surface area (Å²) >= 11 is 0. The van der Waals surface area contributed by atoms with Crippen LogP contribution in [0.15, 0.2) is 41.9 Å². The molecular weight excluding hydrogens is 278 g/mol. The van der Waals surface area contributed by atoms with Gasteiger partial charge in [0.2, 0.25) is 0 Å². The fourth-order valence-corrected chi connectivity index (χ4v) is 2.21. The molecule has 5 heteroatoms. The Bertz CT molecular complexity index is 562. The van der Waals surface area contributed by atoms with Gasteiger partial charge in [0.25, 0.3) is 0 Å². The molecule has 0 fully saturated rings. The van der Waals surface area contributed by atoms with Crippen molar-refractivity contribution in [2.24, 2.45) is 5.16 Å². The Morgan fingerprint density at radius 1 is 1.27 bits per heavy atom. The van der Waals surface area contributed by atoms with Crippen LogP contribution >= 0.6 is 0 Å². The number of unbranched alkanes of at least 4 members (excludes halogenated alkanes) is 1. The summed E-state index contributed by atoms with van der Waals surface area (Å²) in [6.45, 7) is 2.78. The molecule has 0 atom stereocenters. The maximum Gasteiger partial charge on any atom is 0.119 e. The molecule has 2 aromatic rings. The van der Waals surface area contributed by atoms with E-state index in [-0.39, 0.29) is 0 Å². The van der Waals surface area contributed by atoms with Crippen molar-refractivity contribution < 1.29 is 9.94 Å². The van der Waals surface area contributed by atoms with Gasteiger partial charge in [-0.3, -0.25) is 0 Å². The number of rotatable bonds is 9. The van der Waals surface area contributed by atoms with Gasteiger partial charge in [0.1, 0.15) is 5.75 Å². The minimum absolute atomic E-state index is 0.662. The Morgan fingerprint density at radius 3 is 2.73 bits per heavy atom. The molecule has 1 aromatic carbocycles. The van der Waals surface area contributed by atoms with E-state index in [1.807, 2.05) is 30.5 Å². The SMILES string of the molecule is CCCC/C(=N/O)c1ccc(OCCCc2cnc[nH]2)cc1. The van der Waals surface area contributed by atoms with Crippen LogP contribution in [0.4, 0.5) is 0 Å². The average molecular weight is 301 g/mol. The average Bonchev–Trinajstić information content (AvgIpc) is 3.07. The fourth-order valence-electron chi connectivity index (χ4n) is 2.21. The first-order chi connectivity index (χ1) is 10.8. The fraction of sp³-hybridized carbons (Fsp3) is 0.412. The zero-order valence-electron chi connectivity index (χ0n) is 13.0. The van der Waals surface area contributed by atoms with Crippen LogP contribution in [0, 0.1) is 0 Å². The third-order valence-corrected chi connectivity index (χ3v) is 3.49. The van der Waals surface area contributed by atoms with Gasteiger partial charge in [-0.1, -0.05) is 18.5 Å². The highest BCUT2D eigenvalue weighted by atomic mass is 16.5. The minimum Gasteiger partial charge on any atom is -0.494 e. The maximum absolute atomic E-state index is 9.09. The van der Waals surface area contributed by atoms with E-state index in [1.54, 1.807) is 6.33 Å². The van der Waals surface area contributed by atoms with E-state index in [2.05, 4.69) is 22.0 Å². The summed E-state index contributed by atoms with van der Waals surface area (Å²) in [5.74, 6) is 0.834. The van der Waals surface area contributed by atoms with Crippen molar-refractivity contribution in [3.05, 3.63) is 48.0 Å². The van der Waals surface area contributed by atoms with Gasteiger partial charge >= 0.3 is 0 Å². The second kappa shape index (κ2) is 8.87. The largest absolute Gasteiger partial charge is 0.494 e. The number of nitrogens with zero attached hydrogens (tertiary/aromatic N) is 2. The van der Waals surface area contributed by atoms with Crippen LogP contribution in [0.3, 0.4) is 0 Å². The van der Waals surface area contributed by atoms with Crippen molar-refractivity contribution in [2.75, 3.05) is 6.61 Å². The summed E-state index contributed by atoms with van der Waals surface area (Å²) < 4.78 is 5.72. The molecule has 2 rings (SSSR count). The summed E-state index contributed by atoms with van der Waals surface area (Å²) in [6.07, 6.45) is 8.27. The third-order valence-electron chi connectivity index (χ3n) is 3.49. The lowest BCUT2D eigenvalue weighted by Gasteiger charge is -2.08. The number of imidazole rings is 1. The van der Waals surface area contributed by atoms with Gasteiger partial charge in [0, 0.05) is 11.9 Å². The molecule has 5 nitrogen and oxygen atoms in total. The van der Waals surface area contributed by atoms with Crippen LogP contribution in [0.1, 0.15) is 43.9 Å². The lowest BCUT2D eigenvalue weighted by molar-refractivity contribution is 0.310. The number of oxime groups is 1. The topological polar surface area (TPSA) is 70.5 Å². The molecule has 0 radical (unpaired) electrons. The Morgan fingerprint density at radius 2 is 2.09 bits per heavy atom. The van der Waals surface area contributed by atoms with E-state index in [0.717, 1.165) is 54.8 Å². The van der Waals surface area contributed by atoms with Crippen molar-refractivity contribution in [2.45, 2.75) is 39.0 Å². The molecule has 1 aromatic heterocycles. The summed E-state index contributed by atoms with van der Waals surface area (Å²) in [7, 11) is 0. The number of H-pyrrole nitrogens is 1. The number of hydrogen-bond acceptors (Lipinski definition) is 4. The zero-order chi connectivity index (χ0) is 15.6. The number of benzene rings is 1. The smallest absolute Gasteiger partial charge is 0.119 e.